The van der Waals surface area contributed by atoms with Gasteiger partial charge in [-0.05, 0) is 50.2 Å². The summed E-state index contributed by atoms with van der Waals surface area (Å²) in [6.45, 7) is 3.78. The van der Waals surface area contributed by atoms with Crippen molar-refractivity contribution < 1.29 is 0 Å². The number of benzene rings is 7. The lowest BCUT2D eigenvalue weighted by atomic mass is 10.0. The summed E-state index contributed by atoms with van der Waals surface area (Å²) < 4.78 is 2.28. The van der Waals surface area contributed by atoms with Crippen molar-refractivity contribution in [2.24, 2.45) is 0 Å². The Morgan fingerprint density at radius 1 is 0.286 bits per heavy atom. The van der Waals surface area contributed by atoms with Crippen LogP contribution in [0.3, 0.4) is 0 Å². The van der Waals surface area contributed by atoms with Gasteiger partial charge in [-0.3, -0.25) is 0 Å². The Labute approximate surface area is 362 Å². The molecule has 0 aliphatic carbocycles. The van der Waals surface area contributed by atoms with Gasteiger partial charge in [0.2, 0.25) is 0 Å². The Morgan fingerprint density at radius 2 is 0.667 bits per heavy atom. The molecular formula is C53H36N10. The minimum absolute atomic E-state index is 0.499. The van der Waals surface area contributed by atoms with Crippen LogP contribution in [0.5, 0.6) is 0 Å². The van der Waals surface area contributed by atoms with E-state index in [0.29, 0.717) is 52.4 Å². The number of aromatic nitrogens is 10. The van der Waals surface area contributed by atoms with E-state index >= 15 is 0 Å². The van der Waals surface area contributed by atoms with Crippen molar-refractivity contribution in [3.63, 3.8) is 0 Å². The van der Waals surface area contributed by atoms with E-state index in [1.807, 2.05) is 141 Å². The zero-order valence-electron chi connectivity index (χ0n) is 34.3. The molecule has 0 aliphatic heterocycles. The summed E-state index contributed by atoms with van der Waals surface area (Å²) in [7, 11) is 0. The van der Waals surface area contributed by atoms with E-state index < -0.39 is 0 Å². The van der Waals surface area contributed by atoms with Crippen molar-refractivity contribution in [1.29, 1.82) is 0 Å². The third-order valence-electron chi connectivity index (χ3n) is 10.9. The monoisotopic (exact) mass is 812 g/mol. The maximum atomic E-state index is 5.25. The lowest BCUT2D eigenvalue weighted by molar-refractivity contribution is 0.929. The molecule has 10 heteroatoms. The van der Waals surface area contributed by atoms with Crippen molar-refractivity contribution in [3.05, 3.63) is 194 Å². The van der Waals surface area contributed by atoms with Gasteiger partial charge in [0, 0.05) is 49.7 Å². The summed E-state index contributed by atoms with van der Waals surface area (Å²) >= 11 is 0. The van der Waals surface area contributed by atoms with Crippen LogP contribution >= 0.6 is 0 Å². The first-order valence-electron chi connectivity index (χ1n) is 20.6. The molecule has 0 N–H and O–H groups in total. The summed E-state index contributed by atoms with van der Waals surface area (Å²) in [5.74, 6) is 5.20. The zero-order chi connectivity index (χ0) is 42.3. The van der Waals surface area contributed by atoms with Gasteiger partial charge in [-0.1, -0.05) is 146 Å². The number of hydrogen-bond acceptors (Lipinski definition) is 9. The molecule has 11 rings (SSSR count). The van der Waals surface area contributed by atoms with Gasteiger partial charge in [0.05, 0.1) is 16.7 Å². The highest BCUT2D eigenvalue weighted by atomic mass is 15.1. The Kier molecular flexibility index (Phi) is 9.35. The van der Waals surface area contributed by atoms with Crippen LogP contribution in [0.4, 0.5) is 0 Å². The second-order valence-electron chi connectivity index (χ2n) is 15.1. The average molecular weight is 813 g/mol. The highest BCUT2D eigenvalue weighted by Gasteiger charge is 2.25. The van der Waals surface area contributed by atoms with Crippen LogP contribution < -0.4 is 0 Å². The van der Waals surface area contributed by atoms with Gasteiger partial charge in [0.25, 0.3) is 0 Å². The van der Waals surface area contributed by atoms with Gasteiger partial charge in [-0.25, -0.2) is 44.9 Å². The zero-order valence-corrected chi connectivity index (χ0v) is 34.3. The van der Waals surface area contributed by atoms with Crippen molar-refractivity contribution in [2.45, 2.75) is 13.8 Å². The van der Waals surface area contributed by atoms with Gasteiger partial charge >= 0.3 is 0 Å². The number of aryl methyl sites for hydroxylation is 2. The van der Waals surface area contributed by atoms with Gasteiger partial charge in [0.1, 0.15) is 11.6 Å². The SMILES string of the molecule is Cc1nc(C)nc(-c2ccc3c(c2)c2ccccc2n3-c2c(-c3nc(-c4ccccc4)nc(-c4ccccc4)n3)cccc2-c2nc(-c3ccccc3)nc(-c3ccccc3)n2)n1. The normalized spacial score (nSPS) is 11.3. The molecule has 0 spiro atoms. The van der Waals surface area contributed by atoms with E-state index in [0.717, 1.165) is 66.4 Å². The summed E-state index contributed by atoms with van der Waals surface area (Å²) in [5.41, 5.74) is 8.66. The van der Waals surface area contributed by atoms with Crippen LogP contribution in [0.2, 0.25) is 0 Å². The largest absolute Gasteiger partial charge is 0.308 e. The Balaban J connectivity index is 1.25. The topological polar surface area (TPSA) is 121 Å². The fraction of sp³-hybridized carbons (Fsp3) is 0.0377. The maximum absolute atomic E-state index is 5.25. The van der Waals surface area contributed by atoms with Crippen LogP contribution in [-0.2, 0) is 0 Å². The molecule has 0 aliphatic rings. The number of hydrogen-bond donors (Lipinski definition) is 0. The minimum Gasteiger partial charge on any atom is -0.308 e. The molecule has 0 bridgehead atoms. The smallest absolute Gasteiger partial charge is 0.166 e. The van der Waals surface area contributed by atoms with Crippen molar-refractivity contribution in [2.75, 3.05) is 0 Å². The van der Waals surface area contributed by atoms with Crippen LogP contribution in [0.25, 0.3) is 107 Å². The molecule has 0 atom stereocenters. The lowest BCUT2D eigenvalue weighted by Gasteiger charge is -2.19. The van der Waals surface area contributed by atoms with E-state index in [9.17, 15) is 0 Å². The fourth-order valence-electron chi connectivity index (χ4n) is 8.10. The average Bonchev–Trinajstić information content (AvgIpc) is 3.67. The first kappa shape index (κ1) is 37.4. The van der Waals surface area contributed by atoms with E-state index in [2.05, 4.69) is 64.1 Å². The third-order valence-corrected chi connectivity index (χ3v) is 10.9. The summed E-state index contributed by atoms with van der Waals surface area (Å²) in [6.07, 6.45) is 0. The maximum Gasteiger partial charge on any atom is 0.166 e. The van der Waals surface area contributed by atoms with Crippen LogP contribution in [0, 0.1) is 13.8 Å². The number of fused-ring (bicyclic) bond motifs is 3. The standard InChI is InChI=1S/C53H36N10/c1-33-54-34(2)56-51(55-33)39-30-31-45-43(32-39)40-26-15-16-29-44(40)63(45)46-41(52-59-47(35-18-7-3-8-19-35)57-48(60-52)36-20-9-4-10-21-36)27-17-28-42(46)53-61-49(37-22-11-5-12-23-37)58-50(62-53)38-24-13-6-14-25-38/h3-32H,1-2H3. The molecule has 4 heterocycles. The minimum atomic E-state index is 0.499. The van der Waals surface area contributed by atoms with E-state index in [-0.39, 0.29) is 0 Å². The molecule has 10 nitrogen and oxygen atoms in total. The second-order valence-corrected chi connectivity index (χ2v) is 15.1. The van der Waals surface area contributed by atoms with Crippen LogP contribution in [-0.4, -0.2) is 49.4 Å². The second kappa shape index (κ2) is 15.8. The number of nitrogens with zero attached hydrogens (tertiary/aromatic N) is 10. The lowest BCUT2D eigenvalue weighted by Crippen LogP contribution is -2.07. The molecule has 0 unspecified atom stereocenters. The van der Waals surface area contributed by atoms with Crippen LogP contribution in [0.15, 0.2) is 182 Å². The highest BCUT2D eigenvalue weighted by molar-refractivity contribution is 6.11. The first-order chi connectivity index (χ1) is 31.0. The number of para-hydroxylation sites is 2. The quantitative estimate of drug-likeness (QED) is 0.148. The highest BCUT2D eigenvalue weighted by Crippen LogP contribution is 2.42. The molecule has 0 fully saturated rings. The van der Waals surface area contributed by atoms with Crippen LogP contribution in [0.1, 0.15) is 11.6 Å². The molecule has 11 aromatic rings. The summed E-state index contributed by atoms with van der Waals surface area (Å²) in [6, 6.07) is 61.0. The van der Waals surface area contributed by atoms with Gasteiger partial charge in [-0.15, -0.1) is 0 Å². The molecule has 0 saturated carbocycles. The molecule has 4 aromatic heterocycles. The molecule has 63 heavy (non-hydrogen) atoms. The Bertz CT molecular complexity index is 3180. The molecule has 298 valence electrons. The van der Waals surface area contributed by atoms with E-state index in [4.69, 9.17) is 39.9 Å². The van der Waals surface area contributed by atoms with Gasteiger partial charge in [-0.2, -0.15) is 0 Å². The third kappa shape index (κ3) is 7.05. The Hall–Kier alpha value is -8.63. The van der Waals surface area contributed by atoms with Crippen molar-refractivity contribution >= 4 is 21.8 Å². The molecule has 0 saturated heterocycles. The van der Waals surface area contributed by atoms with Gasteiger partial charge in [0.15, 0.2) is 40.8 Å². The predicted octanol–water partition coefficient (Wildman–Crippen LogP) is 11.6. The molecule has 7 aromatic carbocycles. The summed E-state index contributed by atoms with van der Waals surface area (Å²) in [4.78, 5) is 45.0. The van der Waals surface area contributed by atoms with Gasteiger partial charge < -0.3 is 4.57 Å². The number of rotatable bonds is 8. The van der Waals surface area contributed by atoms with Crippen molar-refractivity contribution in [1.82, 2.24) is 49.4 Å². The molecule has 0 amide bonds. The molecule has 0 radical (unpaired) electrons. The van der Waals surface area contributed by atoms with E-state index in [1.165, 1.54) is 0 Å². The molecular weight excluding hydrogens is 777 g/mol. The van der Waals surface area contributed by atoms with Crippen molar-refractivity contribution in [3.8, 4) is 85.4 Å². The van der Waals surface area contributed by atoms with E-state index in [1.54, 1.807) is 0 Å². The first-order valence-corrected chi connectivity index (χ1v) is 20.6. The Morgan fingerprint density at radius 3 is 1.13 bits per heavy atom. The summed E-state index contributed by atoms with van der Waals surface area (Å²) in [5, 5.41) is 2.07. The predicted molar refractivity (Wildman–Crippen MR) is 248 cm³/mol. The fourth-order valence-corrected chi connectivity index (χ4v) is 8.10.